The molecule has 5 nitrogen and oxygen atoms in total. The SMILES string of the molecule is CC(C)C(=O)Nc1nc2ccc(CCC(=O)NCc3cccc(Br)c3)cc2s1. The van der Waals surface area contributed by atoms with E-state index in [1.165, 1.54) is 11.3 Å². The third-order valence-corrected chi connectivity index (χ3v) is 5.65. The highest BCUT2D eigenvalue weighted by atomic mass is 79.9. The van der Waals surface area contributed by atoms with Crippen LogP contribution in [0.3, 0.4) is 0 Å². The molecular formula is C21H22BrN3O2S. The molecule has 3 rings (SSSR count). The lowest BCUT2D eigenvalue weighted by Crippen LogP contribution is -2.22. The molecule has 28 heavy (non-hydrogen) atoms. The number of hydrogen-bond donors (Lipinski definition) is 2. The predicted octanol–water partition coefficient (Wildman–Crippen LogP) is 4.90. The lowest BCUT2D eigenvalue weighted by atomic mass is 10.1. The summed E-state index contributed by atoms with van der Waals surface area (Å²) in [4.78, 5) is 28.4. The maximum absolute atomic E-state index is 12.1. The largest absolute Gasteiger partial charge is 0.352 e. The van der Waals surface area contributed by atoms with Gasteiger partial charge in [0.05, 0.1) is 10.2 Å². The number of halogens is 1. The van der Waals surface area contributed by atoms with E-state index in [-0.39, 0.29) is 17.7 Å². The van der Waals surface area contributed by atoms with Crippen molar-refractivity contribution >= 4 is 54.4 Å². The van der Waals surface area contributed by atoms with Gasteiger partial charge in [0, 0.05) is 23.4 Å². The maximum Gasteiger partial charge on any atom is 0.228 e. The molecule has 2 amide bonds. The summed E-state index contributed by atoms with van der Waals surface area (Å²) in [5.74, 6) is -0.103. The van der Waals surface area contributed by atoms with Crippen LogP contribution in [0.4, 0.5) is 5.13 Å². The fraction of sp³-hybridized carbons (Fsp3) is 0.286. The number of rotatable bonds is 7. The minimum atomic E-state index is -0.0851. The summed E-state index contributed by atoms with van der Waals surface area (Å²) in [6, 6.07) is 13.9. The van der Waals surface area contributed by atoms with Crippen molar-refractivity contribution in [2.75, 3.05) is 5.32 Å². The molecule has 3 aromatic rings. The topological polar surface area (TPSA) is 71.1 Å². The number of carbonyl (C=O) groups is 2. The molecular weight excluding hydrogens is 438 g/mol. The van der Waals surface area contributed by atoms with Crippen LogP contribution in [0, 0.1) is 5.92 Å². The number of carbonyl (C=O) groups excluding carboxylic acids is 2. The van der Waals surface area contributed by atoms with Gasteiger partial charge in [0.25, 0.3) is 0 Å². The molecule has 0 aliphatic rings. The number of amides is 2. The maximum atomic E-state index is 12.1. The Kier molecular flexibility index (Phi) is 6.80. The zero-order valence-corrected chi connectivity index (χ0v) is 18.2. The van der Waals surface area contributed by atoms with E-state index in [1.54, 1.807) is 0 Å². The van der Waals surface area contributed by atoms with Crippen LogP contribution in [0.2, 0.25) is 0 Å². The van der Waals surface area contributed by atoms with Gasteiger partial charge in [0.1, 0.15) is 0 Å². The molecule has 0 atom stereocenters. The molecule has 0 spiro atoms. The van der Waals surface area contributed by atoms with Gasteiger partial charge >= 0.3 is 0 Å². The Morgan fingerprint density at radius 1 is 1.14 bits per heavy atom. The summed E-state index contributed by atoms with van der Waals surface area (Å²) in [5.41, 5.74) is 2.99. The lowest BCUT2D eigenvalue weighted by Gasteiger charge is -2.06. The van der Waals surface area contributed by atoms with Crippen molar-refractivity contribution in [1.82, 2.24) is 10.3 Å². The van der Waals surface area contributed by atoms with Gasteiger partial charge in [-0.3, -0.25) is 9.59 Å². The summed E-state index contributed by atoms with van der Waals surface area (Å²) in [5, 5.41) is 6.40. The molecule has 0 unspecified atom stereocenters. The molecule has 2 N–H and O–H groups in total. The average Bonchev–Trinajstić information content (AvgIpc) is 3.06. The minimum absolute atomic E-state index is 0.0225. The summed E-state index contributed by atoms with van der Waals surface area (Å²) >= 11 is 4.88. The third-order valence-electron chi connectivity index (χ3n) is 4.23. The monoisotopic (exact) mass is 459 g/mol. The molecule has 0 aliphatic heterocycles. The van der Waals surface area contributed by atoms with E-state index in [2.05, 4.69) is 31.5 Å². The standard InChI is InChI=1S/C21H22BrN3O2S/c1-13(2)20(27)25-21-24-17-8-6-14(11-18(17)28-21)7-9-19(26)23-12-15-4-3-5-16(22)10-15/h3-6,8,10-11,13H,7,9,12H2,1-2H3,(H,23,26)(H,24,25,27). The van der Waals surface area contributed by atoms with Crippen molar-refractivity contribution in [3.8, 4) is 0 Å². The number of hydrogen-bond acceptors (Lipinski definition) is 4. The zero-order valence-electron chi connectivity index (χ0n) is 15.8. The second kappa shape index (κ2) is 9.30. The summed E-state index contributed by atoms with van der Waals surface area (Å²) < 4.78 is 2.01. The van der Waals surface area contributed by atoms with Gasteiger partial charge in [0.2, 0.25) is 11.8 Å². The van der Waals surface area contributed by atoms with Gasteiger partial charge in [0.15, 0.2) is 5.13 Å². The van der Waals surface area contributed by atoms with E-state index in [0.29, 0.717) is 24.5 Å². The van der Waals surface area contributed by atoms with Crippen LogP contribution < -0.4 is 10.6 Å². The van der Waals surface area contributed by atoms with E-state index in [9.17, 15) is 9.59 Å². The van der Waals surface area contributed by atoms with E-state index < -0.39 is 0 Å². The fourth-order valence-electron chi connectivity index (χ4n) is 2.62. The summed E-state index contributed by atoms with van der Waals surface area (Å²) in [6.45, 7) is 4.22. The van der Waals surface area contributed by atoms with Gasteiger partial charge in [-0.2, -0.15) is 0 Å². The van der Waals surface area contributed by atoms with Crippen molar-refractivity contribution in [1.29, 1.82) is 0 Å². The van der Waals surface area contributed by atoms with E-state index in [4.69, 9.17) is 0 Å². The van der Waals surface area contributed by atoms with Gasteiger partial charge in [-0.05, 0) is 41.8 Å². The molecule has 0 radical (unpaired) electrons. The number of benzene rings is 2. The summed E-state index contributed by atoms with van der Waals surface area (Å²) in [7, 11) is 0. The highest BCUT2D eigenvalue weighted by Crippen LogP contribution is 2.27. The second-order valence-electron chi connectivity index (χ2n) is 6.87. The van der Waals surface area contributed by atoms with Crippen LogP contribution >= 0.6 is 27.3 Å². The molecule has 1 aromatic heterocycles. The minimum Gasteiger partial charge on any atom is -0.352 e. The number of nitrogens with one attached hydrogen (secondary N) is 2. The van der Waals surface area contributed by atoms with Crippen molar-refractivity contribution in [2.45, 2.75) is 33.2 Å². The van der Waals surface area contributed by atoms with Gasteiger partial charge in [-0.15, -0.1) is 0 Å². The van der Waals surface area contributed by atoms with Gasteiger partial charge in [-0.25, -0.2) is 4.98 Å². The molecule has 7 heteroatoms. The first-order valence-corrected chi connectivity index (χ1v) is 10.7. The molecule has 0 fully saturated rings. The molecule has 2 aromatic carbocycles. The third kappa shape index (κ3) is 5.62. The van der Waals surface area contributed by atoms with Crippen LogP contribution in [0.1, 0.15) is 31.4 Å². The average molecular weight is 460 g/mol. The Morgan fingerprint density at radius 2 is 1.96 bits per heavy atom. The van der Waals surface area contributed by atoms with Crippen LogP contribution in [-0.2, 0) is 22.6 Å². The van der Waals surface area contributed by atoms with Crippen molar-refractivity contribution < 1.29 is 9.59 Å². The van der Waals surface area contributed by atoms with Crippen molar-refractivity contribution in [3.05, 3.63) is 58.1 Å². The number of fused-ring (bicyclic) bond motifs is 1. The lowest BCUT2D eigenvalue weighted by molar-refractivity contribution is -0.121. The normalized spacial score (nSPS) is 11.0. The van der Waals surface area contributed by atoms with Crippen molar-refractivity contribution in [2.24, 2.45) is 5.92 Å². The Hall–Kier alpha value is -2.25. The van der Waals surface area contributed by atoms with E-state index in [0.717, 1.165) is 25.8 Å². The molecule has 0 saturated carbocycles. The number of thiazole rings is 1. The zero-order chi connectivity index (χ0) is 20.1. The van der Waals surface area contributed by atoms with Crippen LogP contribution in [0.5, 0.6) is 0 Å². The first kappa shape index (κ1) is 20.5. The predicted molar refractivity (Wildman–Crippen MR) is 117 cm³/mol. The summed E-state index contributed by atoms with van der Waals surface area (Å²) in [6.07, 6.45) is 1.08. The fourth-order valence-corrected chi connectivity index (χ4v) is 4.00. The van der Waals surface area contributed by atoms with Gasteiger partial charge < -0.3 is 10.6 Å². The Balaban J connectivity index is 1.55. The van der Waals surface area contributed by atoms with Crippen LogP contribution in [0.15, 0.2) is 46.9 Å². The highest BCUT2D eigenvalue weighted by molar-refractivity contribution is 9.10. The van der Waals surface area contributed by atoms with Gasteiger partial charge in [-0.1, -0.05) is 59.3 Å². The number of anilines is 1. The number of aromatic nitrogens is 1. The number of aryl methyl sites for hydroxylation is 1. The molecule has 146 valence electrons. The molecule has 1 heterocycles. The first-order valence-electron chi connectivity index (χ1n) is 9.12. The Morgan fingerprint density at radius 3 is 2.71 bits per heavy atom. The van der Waals surface area contributed by atoms with Crippen LogP contribution in [0.25, 0.3) is 10.2 Å². The highest BCUT2D eigenvalue weighted by Gasteiger charge is 2.11. The van der Waals surface area contributed by atoms with E-state index in [1.807, 2.05) is 56.3 Å². The Labute approximate surface area is 176 Å². The van der Waals surface area contributed by atoms with E-state index >= 15 is 0 Å². The first-order chi connectivity index (χ1) is 13.4. The van der Waals surface area contributed by atoms with Crippen molar-refractivity contribution in [3.63, 3.8) is 0 Å². The Bertz CT molecular complexity index is 1000. The number of nitrogens with zero attached hydrogens (tertiary/aromatic N) is 1. The molecule has 0 bridgehead atoms. The molecule has 0 saturated heterocycles. The smallest absolute Gasteiger partial charge is 0.228 e. The van der Waals surface area contributed by atoms with Crippen LogP contribution in [-0.4, -0.2) is 16.8 Å². The quantitative estimate of drug-likeness (QED) is 0.527. The second-order valence-corrected chi connectivity index (χ2v) is 8.82. The molecule has 0 aliphatic carbocycles.